The first-order chi connectivity index (χ1) is 14.0. The molecule has 5 nitrogen and oxygen atoms in total. The van der Waals surface area contributed by atoms with Crippen LogP contribution in [-0.2, 0) is 27.7 Å². The van der Waals surface area contributed by atoms with Crippen molar-refractivity contribution in [1.82, 2.24) is 9.21 Å². The fourth-order valence-corrected chi connectivity index (χ4v) is 4.53. The summed E-state index contributed by atoms with van der Waals surface area (Å²) in [4.78, 5) is 14.3. The van der Waals surface area contributed by atoms with Gasteiger partial charge in [0, 0.05) is 38.0 Å². The molecular formula is C23H28N2O3S. The SMILES string of the molecule is CCc1ccc(CCC(=O)N2CCN(S(=O)(=O)/C=C/c3ccccc3)CC2)cc1. The first kappa shape index (κ1) is 21.3. The number of rotatable bonds is 7. The number of hydrogen-bond donors (Lipinski definition) is 0. The molecule has 0 atom stereocenters. The van der Waals surface area contributed by atoms with Crippen LogP contribution in [0.25, 0.3) is 6.08 Å². The molecule has 1 fully saturated rings. The molecule has 6 heteroatoms. The Hall–Kier alpha value is -2.44. The Kier molecular flexibility index (Phi) is 7.23. The summed E-state index contributed by atoms with van der Waals surface area (Å²) < 4.78 is 26.5. The summed E-state index contributed by atoms with van der Waals surface area (Å²) in [6.07, 6.45) is 3.77. The number of benzene rings is 2. The molecule has 0 saturated carbocycles. The number of sulfonamides is 1. The molecule has 29 heavy (non-hydrogen) atoms. The van der Waals surface area contributed by atoms with Crippen molar-refractivity contribution in [3.63, 3.8) is 0 Å². The van der Waals surface area contributed by atoms with Gasteiger partial charge in [-0.25, -0.2) is 8.42 Å². The van der Waals surface area contributed by atoms with Gasteiger partial charge in [-0.15, -0.1) is 0 Å². The van der Waals surface area contributed by atoms with E-state index in [0.717, 1.165) is 17.5 Å². The third-order valence-corrected chi connectivity index (χ3v) is 6.81. The van der Waals surface area contributed by atoms with Crippen LogP contribution in [-0.4, -0.2) is 49.7 Å². The van der Waals surface area contributed by atoms with E-state index in [0.29, 0.717) is 39.0 Å². The summed E-state index contributed by atoms with van der Waals surface area (Å²) in [6.45, 7) is 3.66. The van der Waals surface area contributed by atoms with Crippen LogP contribution in [0.1, 0.15) is 30.0 Å². The first-order valence-corrected chi connectivity index (χ1v) is 11.6. The monoisotopic (exact) mass is 412 g/mol. The summed E-state index contributed by atoms with van der Waals surface area (Å²) >= 11 is 0. The van der Waals surface area contributed by atoms with Crippen molar-refractivity contribution < 1.29 is 13.2 Å². The highest BCUT2D eigenvalue weighted by Crippen LogP contribution is 2.14. The lowest BCUT2D eigenvalue weighted by Crippen LogP contribution is -2.50. The number of aryl methyl sites for hydroxylation is 2. The van der Waals surface area contributed by atoms with Gasteiger partial charge in [0.25, 0.3) is 0 Å². The van der Waals surface area contributed by atoms with Crippen LogP contribution in [0.15, 0.2) is 60.0 Å². The van der Waals surface area contributed by atoms with Crippen LogP contribution in [0, 0.1) is 0 Å². The minimum Gasteiger partial charge on any atom is -0.340 e. The molecular weight excluding hydrogens is 384 g/mol. The highest BCUT2D eigenvalue weighted by Gasteiger charge is 2.27. The highest BCUT2D eigenvalue weighted by molar-refractivity contribution is 7.92. The van der Waals surface area contributed by atoms with Gasteiger partial charge in [0.15, 0.2) is 0 Å². The molecule has 0 N–H and O–H groups in total. The standard InChI is InChI=1S/C23H28N2O3S/c1-2-20-8-10-22(11-9-20)12-13-23(26)24-15-17-25(18-16-24)29(27,28)19-14-21-6-4-3-5-7-21/h3-11,14,19H,2,12-13,15-18H2,1H3/b19-14+. The molecule has 1 aliphatic heterocycles. The second kappa shape index (κ2) is 9.85. The number of nitrogens with zero attached hydrogens (tertiary/aromatic N) is 2. The maximum atomic E-state index is 12.5. The minimum atomic E-state index is -3.48. The second-order valence-corrected chi connectivity index (χ2v) is 9.03. The molecule has 1 heterocycles. The van der Waals surface area contributed by atoms with Gasteiger partial charge in [0.05, 0.1) is 0 Å². The average Bonchev–Trinajstić information content (AvgIpc) is 2.77. The van der Waals surface area contributed by atoms with Crippen LogP contribution in [0.5, 0.6) is 0 Å². The van der Waals surface area contributed by atoms with Crippen LogP contribution < -0.4 is 0 Å². The van der Waals surface area contributed by atoms with Crippen molar-refractivity contribution in [1.29, 1.82) is 0 Å². The summed E-state index contributed by atoms with van der Waals surface area (Å²) in [6, 6.07) is 17.7. The lowest BCUT2D eigenvalue weighted by Gasteiger charge is -2.33. The zero-order chi connectivity index (χ0) is 20.7. The van der Waals surface area contributed by atoms with Gasteiger partial charge in [-0.05, 0) is 35.6 Å². The lowest BCUT2D eigenvalue weighted by atomic mass is 10.1. The van der Waals surface area contributed by atoms with Crippen molar-refractivity contribution in [2.45, 2.75) is 26.2 Å². The van der Waals surface area contributed by atoms with Crippen LogP contribution in [0.4, 0.5) is 0 Å². The van der Waals surface area contributed by atoms with E-state index in [1.165, 1.54) is 15.3 Å². The van der Waals surface area contributed by atoms with E-state index in [2.05, 4.69) is 31.2 Å². The Morgan fingerprint density at radius 2 is 1.55 bits per heavy atom. The summed E-state index contributed by atoms with van der Waals surface area (Å²) in [5.41, 5.74) is 3.29. The minimum absolute atomic E-state index is 0.0847. The Bertz CT molecular complexity index is 930. The fraction of sp³-hybridized carbons (Fsp3) is 0.348. The summed E-state index contributed by atoms with van der Waals surface area (Å²) in [5, 5.41) is 1.25. The van der Waals surface area contributed by atoms with Crippen LogP contribution >= 0.6 is 0 Å². The number of piperazine rings is 1. The number of hydrogen-bond acceptors (Lipinski definition) is 3. The second-order valence-electron chi connectivity index (χ2n) is 7.21. The van der Waals surface area contributed by atoms with E-state index < -0.39 is 10.0 Å². The molecule has 1 saturated heterocycles. The van der Waals surface area contributed by atoms with E-state index in [1.54, 1.807) is 11.0 Å². The molecule has 0 unspecified atom stereocenters. The van der Waals surface area contributed by atoms with Crippen LogP contribution in [0.3, 0.4) is 0 Å². The average molecular weight is 413 g/mol. The first-order valence-electron chi connectivity index (χ1n) is 10.1. The van der Waals surface area contributed by atoms with Gasteiger partial charge in [-0.3, -0.25) is 4.79 Å². The fourth-order valence-electron chi connectivity index (χ4n) is 3.36. The quantitative estimate of drug-likeness (QED) is 0.701. The van der Waals surface area contributed by atoms with Crippen molar-refractivity contribution in [3.05, 3.63) is 76.7 Å². The molecule has 2 aromatic rings. The largest absolute Gasteiger partial charge is 0.340 e. The van der Waals surface area contributed by atoms with E-state index in [-0.39, 0.29) is 5.91 Å². The smallest absolute Gasteiger partial charge is 0.236 e. The number of carbonyl (C=O) groups is 1. The third-order valence-electron chi connectivity index (χ3n) is 5.24. The van der Waals surface area contributed by atoms with Crippen molar-refractivity contribution in [2.24, 2.45) is 0 Å². The van der Waals surface area contributed by atoms with E-state index in [1.807, 2.05) is 30.3 Å². The molecule has 0 aliphatic carbocycles. The molecule has 154 valence electrons. The maximum Gasteiger partial charge on any atom is 0.236 e. The van der Waals surface area contributed by atoms with Gasteiger partial charge in [0.1, 0.15) is 0 Å². The van der Waals surface area contributed by atoms with E-state index in [9.17, 15) is 13.2 Å². The predicted molar refractivity (Wildman–Crippen MR) is 117 cm³/mol. The Balaban J connectivity index is 1.48. The molecule has 3 rings (SSSR count). The molecule has 0 radical (unpaired) electrons. The molecule has 1 aliphatic rings. The van der Waals surface area contributed by atoms with Gasteiger partial charge in [0.2, 0.25) is 15.9 Å². The zero-order valence-corrected chi connectivity index (χ0v) is 17.6. The summed E-state index contributed by atoms with van der Waals surface area (Å²) in [5.74, 6) is 0.0847. The molecule has 0 bridgehead atoms. The van der Waals surface area contributed by atoms with Crippen molar-refractivity contribution in [3.8, 4) is 0 Å². The maximum absolute atomic E-state index is 12.5. The zero-order valence-electron chi connectivity index (χ0n) is 16.8. The lowest BCUT2D eigenvalue weighted by molar-refractivity contribution is -0.132. The number of carbonyl (C=O) groups excluding carboxylic acids is 1. The van der Waals surface area contributed by atoms with Gasteiger partial charge >= 0.3 is 0 Å². The van der Waals surface area contributed by atoms with Gasteiger partial charge in [-0.1, -0.05) is 61.5 Å². The Labute approximate surface area is 173 Å². The predicted octanol–water partition coefficient (Wildman–Crippen LogP) is 3.33. The van der Waals surface area contributed by atoms with Gasteiger partial charge in [-0.2, -0.15) is 4.31 Å². The van der Waals surface area contributed by atoms with E-state index in [4.69, 9.17) is 0 Å². The van der Waals surface area contributed by atoms with Crippen LogP contribution in [0.2, 0.25) is 0 Å². The Morgan fingerprint density at radius 3 is 2.17 bits per heavy atom. The molecule has 0 spiro atoms. The highest BCUT2D eigenvalue weighted by atomic mass is 32.2. The normalized spacial score (nSPS) is 15.7. The topological polar surface area (TPSA) is 57.7 Å². The molecule has 2 aromatic carbocycles. The third kappa shape index (κ3) is 6.02. The van der Waals surface area contributed by atoms with E-state index >= 15 is 0 Å². The number of amides is 1. The van der Waals surface area contributed by atoms with Gasteiger partial charge < -0.3 is 4.90 Å². The Morgan fingerprint density at radius 1 is 0.931 bits per heavy atom. The van der Waals surface area contributed by atoms with Crippen molar-refractivity contribution >= 4 is 22.0 Å². The molecule has 0 aromatic heterocycles. The van der Waals surface area contributed by atoms with Crippen molar-refractivity contribution in [2.75, 3.05) is 26.2 Å². The summed E-state index contributed by atoms with van der Waals surface area (Å²) in [7, 11) is -3.48. The molecule has 1 amide bonds.